The Labute approximate surface area is 155 Å². The first-order valence-corrected chi connectivity index (χ1v) is 8.99. The molecule has 1 aliphatic heterocycles. The van der Waals surface area contributed by atoms with Crippen LogP contribution in [0.4, 0.5) is 5.69 Å². The second kappa shape index (κ2) is 7.65. The minimum absolute atomic E-state index is 0.0989. The quantitative estimate of drug-likeness (QED) is 0.588. The number of nitro benzene ring substituents is 1. The van der Waals surface area contributed by atoms with Crippen LogP contribution in [-0.2, 0) is 0 Å². The first-order valence-electron chi connectivity index (χ1n) is 7.94. The monoisotopic (exact) mass is 374 g/mol. The molecule has 0 aliphatic carbocycles. The molecule has 1 amide bonds. The largest absolute Gasteiger partial charge is 0.497 e. The fourth-order valence-corrected chi connectivity index (χ4v) is 4.16. The smallest absolute Gasteiger partial charge is 0.270 e. The second-order valence-electron chi connectivity index (χ2n) is 5.64. The van der Waals surface area contributed by atoms with Gasteiger partial charge in [0, 0.05) is 35.6 Å². The van der Waals surface area contributed by atoms with E-state index in [9.17, 15) is 14.9 Å². The molecule has 0 saturated carbocycles. The van der Waals surface area contributed by atoms with E-state index in [4.69, 9.17) is 9.47 Å². The predicted octanol–water partition coefficient (Wildman–Crippen LogP) is 3.50. The van der Waals surface area contributed by atoms with Gasteiger partial charge in [-0.05, 0) is 24.3 Å². The summed E-state index contributed by atoms with van der Waals surface area (Å²) in [5, 5.41) is 10.7. The average Bonchev–Trinajstić information content (AvgIpc) is 3.16. The number of carbonyl (C=O) groups excluding carboxylic acids is 1. The van der Waals surface area contributed by atoms with E-state index in [2.05, 4.69) is 0 Å². The molecule has 0 N–H and O–H groups in total. The number of thioether (sulfide) groups is 1. The lowest BCUT2D eigenvalue weighted by atomic mass is 10.1. The molecule has 2 aromatic carbocycles. The SMILES string of the molecule is COc1ccc(OC)c([C@@H]2SCCN2C(=O)c2cccc([N+](=O)[O-])c2)c1. The molecule has 1 saturated heterocycles. The van der Waals surface area contributed by atoms with Crippen molar-refractivity contribution in [1.82, 2.24) is 4.90 Å². The average molecular weight is 374 g/mol. The molecule has 1 atom stereocenters. The zero-order chi connectivity index (χ0) is 18.7. The van der Waals surface area contributed by atoms with Crippen molar-refractivity contribution in [3.8, 4) is 11.5 Å². The van der Waals surface area contributed by atoms with Crippen molar-refractivity contribution in [3.63, 3.8) is 0 Å². The highest BCUT2D eigenvalue weighted by Gasteiger charge is 2.33. The van der Waals surface area contributed by atoms with E-state index in [0.29, 0.717) is 23.6 Å². The fourth-order valence-electron chi connectivity index (χ4n) is 2.89. The summed E-state index contributed by atoms with van der Waals surface area (Å²) in [5.41, 5.74) is 1.04. The normalized spacial score (nSPS) is 16.4. The van der Waals surface area contributed by atoms with Crippen LogP contribution in [0.3, 0.4) is 0 Å². The number of nitro groups is 1. The van der Waals surface area contributed by atoms with Gasteiger partial charge in [0.05, 0.1) is 19.1 Å². The van der Waals surface area contributed by atoms with Crippen LogP contribution in [0.25, 0.3) is 0 Å². The third-order valence-corrected chi connectivity index (χ3v) is 5.40. The number of amides is 1. The molecule has 0 aromatic heterocycles. The fraction of sp³-hybridized carbons (Fsp3) is 0.278. The number of non-ortho nitro benzene ring substituents is 1. The van der Waals surface area contributed by atoms with Gasteiger partial charge < -0.3 is 14.4 Å². The Balaban J connectivity index is 1.95. The molecule has 1 heterocycles. The van der Waals surface area contributed by atoms with Crippen LogP contribution in [0.1, 0.15) is 21.3 Å². The van der Waals surface area contributed by atoms with Gasteiger partial charge in [0.15, 0.2) is 0 Å². The lowest BCUT2D eigenvalue weighted by Crippen LogP contribution is -2.30. The Morgan fingerprint density at radius 2 is 2.04 bits per heavy atom. The van der Waals surface area contributed by atoms with Gasteiger partial charge in [0.1, 0.15) is 16.9 Å². The van der Waals surface area contributed by atoms with Crippen LogP contribution >= 0.6 is 11.8 Å². The molecule has 136 valence electrons. The predicted molar refractivity (Wildman–Crippen MR) is 98.9 cm³/mol. The standard InChI is InChI=1S/C18H18N2O5S/c1-24-14-6-7-16(25-2)15(11-14)18-19(8-9-26-18)17(21)12-4-3-5-13(10-12)20(22)23/h3-7,10-11,18H,8-9H2,1-2H3/t18-/m0/s1. The van der Waals surface area contributed by atoms with Crippen molar-refractivity contribution in [2.45, 2.75) is 5.37 Å². The molecule has 3 rings (SSSR count). The Hall–Kier alpha value is -2.74. The zero-order valence-electron chi connectivity index (χ0n) is 14.4. The molecule has 1 aliphatic rings. The maximum atomic E-state index is 13.0. The highest BCUT2D eigenvalue weighted by molar-refractivity contribution is 7.99. The number of hydrogen-bond donors (Lipinski definition) is 0. The third kappa shape index (κ3) is 3.45. The number of methoxy groups -OCH3 is 2. The van der Waals surface area contributed by atoms with E-state index in [-0.39, 0.29) is 17.0 Å². The van der Waals surface area contributed by atoms with E-state index in [1.165, 1.54) is 18.2 Å². The summed E-state index contributed by atoms with van der Waals surface area (Å²) in [5.74, 6) is 1.87. The van der Waals surface area contributed by atoms with Crippen LogP contribution in [0.5, 0.6) is 11.5 Å². The summed E-state index contributed by atoms with van der Waals surface area (Å²) < 4.78 is 10.7. The van der Waals surface area contributed by atoms with E-state index >= 15 is 0 Å². The first kappa shape index (κ1) is 18.1. The summed E-state index contributed by atoms with van der Waals surface area (Å²) in [6, 6.07) is 11.3. The van der Waals surface area contributed by atoms with Crippen LogP contribution in [0.15, 0.2) is 42.5 Å². The number of nitrogens with zero attached hydrogens (tertiary/aromatic N) is 2. The Morgan fingerprint density at radius 3 is 2.73 bits per heavy atom. The molecule has 0 unspecified atom stereocenters. The molecule has 0 bridgehead atoms. The van der Waals surface area contributed by atoms with Gasteiger partial charge >= 0.3 is 0 Å². The minimum atomic E-state index is -0.502. The van der Waals surface area contributed by atoms with Gasteiger partial charge in [-0.3, -0.25) is 14.9 Å². The van der Waals surface area contributed by atoms with E-state index in [1.807, 2.05) is 12.1 Å². The van der Waals surface area contributed by atoms with Crippen LogP contribution < -0.4 is 9.47 Å². The molecule has 26 heavy (non-hydrogen) atoms. The van der Waals surface area contributed by atoms with Crippen molar-refractivity contribution in [2.75, 3.05) is 26.5 Å². The molecule has 7 nitrogen and oxygen atoms in total. The maximum Gasteiger partial charge on any atom is 0.270 e. The van der Waals surface area contributed by atoms with Gasteiger partial charge in [-0.15, -0.1) is 11.8 Å². The van der Waals surface area contributed by atoms with Crippen molar-refractivity contribution in [3.05, 3.63) is 63.7 Å². The number of carbonyl (C=O) groups is 1. The minimum Gasteiger partial charge on any atom is -0.497 e. The first-order chi connectivity index (χ1) is 12.5. The Morgan fingerprint density at radius 1 is 1.23 bits per heavy atom. The molecule has 0 radical (unpaired) electrons. The number of benzene rings is 2. The van der Waals surface area contributed by atoms with Crippen molar-refractivity contribution >= 4 is 23.4 Å². The van der Waals surface area contributed by atoms with Gasteiger partial charge in [-0.2, -0.15) is 0 Å². The summed E-state index contributed by atoms with van der Waals surface area (Å²) in [7, 11) is 3.16. The molecule has 2 aromatic rings. The highest BCUT2D eigenvalue weighted by Crippen LogP contribution is 2.43. The summed E-state index contributed by atoms with van der Waals surface area (Å²) in [6.07, 6.45) is 0. The van der Waals surface area contributed by atoms with Gasteiger partial charge in [0.2, 0.25) is 0 Å². The van der Waals surface area contributed by atoms with Crippen molar-refractivity contribution in [2.24, 2.45) is 0 Å². The van der Waals surface area contributed by atoms with Crippen LogP contribution in [0.2, 0.25) is 0 Å². The Bertz CT molecular complexity index is 842. The number of ether oxygens (including phenoxy) is 2. The van der Waals surface area contributed by atoms with Gasteiger partial charge in [0.25, 0.3) is 11.6 Å². The second-order valence-corrected chi connectivity index (χ2v) is 6.83. The lowest BCUT2D eigenvalue weighted by molar-refractivity contribution is -0.384. The molecule has 0 spiro atoms. The summed E-state index contributed by atoms with van der Waals surface area (Å²) in [6.45, 7) is 0.553. The third-order valence-electron chi connectivity index (χ3n) is 4.16. The zero-order valence-corrected chi connectivity index (χ0v) is 15.2. The van der Waals surface area contributed by atoms with Gasteiger partial charge in [-0.1, -0.05) is 6.07 Å². The van der Waals surface area contributed by atoms with Crippen molar-refractivity contribution < 1.29 is 19.2 Å². The number of hydrogen-bond acceptors (Lipinski definition) is 6. The molecular formula is C18H18N2O5S. The van der Waals surface area contributed by atoms with Crippen LogP contribution in [0, 0.1) is 10.1 Å². The lowest BCUT2D eigenvalue weighted by Gasteiger charge is -2.25. The summed E-state index contributed by atoms with van der Waals surface area (Å²) in [4.78, 5) is 25.2. The Kier molecular flexibility index (Phi) is 5.32. The molecule has 8 heteroatoms. The molecular weight excluding hydrogens is 356 g/mol. The maximum absolute atomic E-state index is 13.0. The molecule has 1 fully saturated rings. The van der Waals surface area contributed by atoms with Gasteiger partial charge in [-0.25, -0.2) is 0 Å². The van der Waals surface area contributed by atoms with Crippen molar-refractivity contribution in [1.29, 1.82) is 0 Å². The summed E-state index contributed by atoms with van der Waals surface area (Å²) >= 11 is 1.62. The van der Waals surface area contributed by atoms with E-state index in [0.717, 1.165) is 11.3 Å². The van der Waals surface area contributed by atoms with E-state index in [1.54, 1.807) is 43.0 Å². The van der Waals surface area contributed by atoms with Crippen LogP contribution in [-0.4, -0.2) is 42.2 Å². The van der Waals surface area contributed by atoms with E-state index < -0.39 is 4.92 Å². The number of rotatable bonds is 5. The topological polar surface area (TPSA) is 81.9 Å². The highest BCUT2D eigenvalue weighted by atomic mass is 32.2.